The Kier molecular flexibility index (Phi) is 7.67. The Labute approximate surface area is 159 Å². The molecular formula is C21H26N2O4. The van der Waals surface area contributed by atoms with Gasteiger partial charge in [0.25, 0.3) is 11.8 Å². The highest BCUT2D eigenvalue weighted by Gasteiger charge is 2.10. The van der Waals surface area contributed by atoms with Gasteiger partial charge in [-0.25, -0.2) is 0 Å². The fourth-order valence-electron chi connectivity index (χ4n) is 2.25. The number of nitrogens with one attached hydrogen (secondary N) is 2. The molecule has 1 atom stereocenters. The van der Waals surface area contributed by atoms with E-state index in [1.54, 1.807) is 0 Å². The van der Waals surface area contributed by atoms with Crippen molar-refractivity contribution in [2.45, 2.75) is 26.8 Å². The van der Waals surface area contributed by atoms with Crippen LogP contribution in [0.5, 0.6) is 11.5 Å². The van der Waals surface area contributed by atoms with Crippen LogP contribution in [0.3, 0.4) is 0 Å². The summed E-state index contributed by atoms with van der Waals surface area (Å²) in [6, 6.07) is 14.7. The number of benzene rings is 2. The van der Waals surface area contributed by atoms with Crippen LogP contribution in [0.15, 0.2) is 48.5 Å². The number of ether oxygens (including phenoxy) is 2. The predicted octanol–water partition coefficient (Wildman–Crippen LogP) is 2.38. The number of carbonyl (C=O) groups excluding carboxylic acids is 2. The molecule has 0 heterocycles. The van der Waals surface area contributed by atoms with E-state index in [2.05, 4.69) is 10.6 Å². The zero-order chi connectivity index (χ0) is 19.6. The molecule has 0 aromatic heterocycles. The minimum absolute atomic E-state index is 0.0692. The lowest BCUT2D eigenvalue weighted by Crippen LogP contribution is -2.44. The van der Waals surface area contributed by atoms with Crippen molar-refractivity contribution in [3.05, 3.63) is 59.7 Å². The minimum atomic E-state index is -0.243. The largest absolute Gasteiger partial charge is 0.484 e. The molecule has 0 aliphatic carbocycles. The lowest BCUT2D eigenvalue weighted by atomic mass is 10.2. The van der Waals surface area contributed by atoms with Gasteiger partial charge in [0.1, 0.15) is 11.5 Å². The summed E-state index contributed by atoms with van der Waals surface area (Å²) in [5.41, 5.74) is 2.25. The smallest absolute Gasteiger partial charge is 0.258 e. The molecule has 0 spiro atoms. The van der Waals surface area contributed by atoms with E-state index in [0.717, 1.165) is 11.1 Å². The fraction of sp³-hybridized carbons (Fsp3) is 0.333. The summed E-state index contributed by atoms with van der Waals surface area (Å²) >= 11 is 0. The lowest BCUT2D eigenvalue weighted by Gasteiger charge is -2.15. The van der Waals surface area contributed by atoms with Crippen LogP contribution < -0.4 is 20.1 Å². The van der Waals surface area contributed by atoms with Gasteiger partial charge in [-0.1, -0.05) is 35.4 Å². The maximum atomic E-state index is 11.9. The van der Waals surface area contributed by atoms with Crippen LogP contribution >= 0.6 is 0 Å². The van der Waals surface area contributed by atoms with Gasteiger partial charge in [-0.05, 0) is 45.0 Å². The molecule has 1 unspecified atom stereocenters. The molecule has 0 aliphatic heterocycles. The van der Waals surface area contributed by atoms with Crippen LogP contribution in [0, 0.1) is 13.8 Å². The van der Waals surface area contributed by atoms with Crippen molar-refractivity contribution in [2.75, 3.05) is 19.8 Å². The van der Waals surface area contributed by atoms with Gasteiger partial charge in [-0.2, -0.15) is 0 Å². The Bertz CT molecular complexity index is 742. The summed E-state index contributed by atoms with van der Waals surface area (Å²) in [4.78, 5) is 23.7. The van der Waals surface area contributed by atoms with Crippen LogP contribution in [-0.4, -0.2) is 37.6 Å². The third-order valence-corrected chi connectivity index (χ3v) is 3.79. The van der Waals surface area contributed by atoms with Crippen LogP contribution in [-0.2, 0) is 9.59 Å². The van der Waals surface area contributed by atoms with Crippen molar-refractivity contribution in [2.24, 2.45) is 0 Å². The quantitative estimate of drug-likeness (QED) is 0.711. The molecule has 0 radical (unpaired) electrons. The van der Waals surface area contributed by atoms with Crippen molar-refractivity contribution < 1.29 is 19.1 Å². The average molecular weight is 370 g/mol. The molecule has 0 saturated heterocycles. The van der Waals surface area contributed by atoms with Crippen LogP contribution in [0.2, 0.25) is 0 Å². The first-order chi connectivity index (χ1) is 12.9. The Balaban J connectivity index is 1.62. The van der Waals surface area contributed by atoms with E-state index in [9.17, 15) is 9.59 Å². The summed E-state index contributed by atoms with van der Waals surface area (Å²) < 4.78 is 10.8. The Morgan fingerprint density at radius 3 is 1.74 bits per heavy atom. The Hall–Kier alpha value is -3.02. The number of carbonyl (C=O) groups is 2. The van der Waals surface area contributed by atoms with Crippen molar-refractivity contribution in [1.82, 2.24) is 10.6 Å². The molecule has 0 aliphatic rings. The molecule has 0 bridgehead atoms. The second kappa shape index (κ2) is 10.2. The van der Waals surface area contributed by atoms with Crippen molar-refractivity contribution >= 4 is 11.8 Å². The Morgan fingerprint density at radius 2 is 1.26 bits per heavy atom. The summed E-state index contributed by atoms with van der Waals surface area (Å²) in [6.07, 6.45) is 0. The highest BCUT2D eigenvalue weighted by atomic mass is 16.5. The lowest BCUT2D eigenvalue weighted by molar-refractivity contribution is -0.125. The molecule has 0 saturated carbocycles. The predicted molar refractivity (Wildman–Crippen MR) is 104 cm³/mol. The molecule has 0 fully saturated rings. The second-order valence-electron chi connectivity index (χ2n) is 6.48. The number of aryl methyl sites for hydroxylation is 2. The zero-order valence-corrected chi connectivity index (χ0v) is 16.0. The number of hydrogen-bond donors (Lipinski definition) is 2. The monoisotopic (exact) mass is 370 g/mol. The molecule has 144 valence electrons. The van der Waals surface area contributed by atoms with E-state index in [-0.39, 0.29) is 31.1 Å². The second-order valence-corrected chi connectivity index (χ2v) is 6.48. The average Bonchev–Trinajstić information content (AvgIpc) is 2.65. The molecule has 27 heavy (non-hydrogen) atoms. The highest BCUT2D eigenvalue weighted by Crippen LogP contribution is 2.11. The maximum Gasteiger partial charge on any atom is 0.258 e. The molecule has 2 aromatic rings. The van der Waals surface area contributed by atoms with Gasteiger partial charge in [0.05, 0.1) is 0 Å². The number of amides is 2. The van der Waals surface area contributed by atoms with Gasteiger partial charge in [0, 0.05) is 12.6 Å². The van der Waals surface area contributed by atoms with Gasteiger partial charge in [0.2, 0.25) is 0 Å². The standard InChI is InChI=1S/C21H26N2O4/c1-15-4-8-18(9-5-15)26-13-20(24)22-12-17(3)23-21(25)14-27-19-10-6-16(2)7-11-19/h4-11,17H,12-14H2,1-3H3,(H,22,24)(H,23,25). The highest BCUT2D eigenvalue weighted by molar-refractivity contribution is 5.79. The van der Waals surface area contributed by atoms with Gasteiger partial charge in [-0.3, -0.25) is 9.59 Å². The van der Waals surface area contributed by atoms with E-state index in [1.165, 1.54) is 0 Å². The van der Waals surface area contributed by atoms with Crippen LogP contribution in [0.25, 0.3) is 0 Å². The molecular weight excluding hydrogens is 344 g/mol. The van der Waals surface area contributed by atoms with Crippen molar-refractivity contribution in [3.63, 3.8) is 0 Å². The van der Waals surface area contributed by atoms with Crippen molar-refractivity contribution in [1.29, 1.82) is 0 Å². The first kappa shape index (κ1) is 20.3. The van der Waals surface area contributed by atoms with E-state index < -0.39 is 0 Å². The van der Waals surface area contributed by atoms with Gasteiger partial charge in [0.15, 0.2) is 13.2 Å². The summed E-state index contributed by atoms with van der Waals surface area (Å²) in [7, 11) is 0. The van der Waals surface area contributed by atoms with Gasteiger partial charge < -0.3 is 20.1 Å². The maximum absolute atomic E-state index is 11.9. The van der Waals surface area contributed by atoms with Gasteiger partial charge >= 0.3 is 0 Å². The van der Waals surface area contributed by atoms with E-state index in [0.29, 0.717) is 18.0 Å². The normalized spacial score (nSPS) is 11.4. The fourth-order valence-corrected chi connectivity index (χ4v) is 2.25. The van der Waals surface area contributed by atoms with Crippen LogP contribution in [0.4, 0.5) is 0 Å². The molecule has 6 nitrogen and oxygen atoms in total. The minimum Gasteiger partial charge on any atom is -0.484 e. The first-order valence-corrected chi connectivity index (χ1v) is 8.87. The number of hydrogen-bond acceptors (Lipinski definition) is 4. The summed E-state index contributed by atoms with van der Waals surface area (Å²) in [5.74, 6) is 0.802. The molecule has 6 heteroatoms. The van der Waals surface area contributed by atoms with Crippen molar-refractivity contribution in [3.8, 4) is 11.5 Å². The van der Waals surface area contributed by atoms with E-state index >= 15 is 0 Å². The third-order valence-electron chi connectivity index (χ3n) is 3.79. The van der Waals surface area contributed by atoms with Gasteiger partial charge in [-0.15, -0.1) is 0 Å². The van der Waals surface area contributed by atoms with Crippen LogP contribution in [0.1, 0.15) is 18.1 Å². The number of rotatable bonds is 9. The first-order valence-electron chi connectivity index (χ1n) is 8.87. The van der Waals surface area contributed by atoms with E-state index in [4.69, 9.17) is 9.47 Å². The Morgan fingerprint density at radius 1 is 0.815 bits per heavy atom. The summed E-state index contributed by atoms with van der Waals surface area (Å²) in [5, 5.41) is 5.51. The molecule has 2 N–H and O–H groups in total. The zero-order valence-electron chi connectivity index (χ0n) is 16.0. The third kappa shape index (κ3) is 7.81. The topological polar surface area (TPSA) is 76.7 Å². The molecule has 2 amide bonds. The molecule has 2 aromatic carbocycles. The molecule has 2 rings (SSSR count). The van der Waals surface area contributed by atoms with E-state index in [1.807, 2.05) is 69.3 Å². The SMILES string of the molecule is Cc1ccc(OCC(=O)NCC(C)NC(=O)COc2ccc(C)cc2)cc1. The summed E-state index contributed by atoms with van der Waals surface area (Å²) in [6.45, 7) is 5.95.